The van der Waals surface area contributed by atoms with Crippen LogP contribution in [0.2, 0.25) is 0 Å². The molecule has 1 fully saturated rings. The zero-order valence-electron chi connectivity index (χ0n) is 12.2. The molecule has 0 spiro atoms. The average molecular weight is 286 g/mol. The highest BCUT2D eigenvalue weighted by atomic mass is 16.5. The second-order valence-corrected chi connectivity index (χ2v) is 5.44. The zero-order valence-corrected chi connectivity index (χ0v) is 12.2. The first-order valence-electron chi connectivity index (χ1n) is 7.71. The Morgan fingerprint density at radius 2 is 2.10 bits per heavy atom. The third-order valence-corrected chi connectivity index (χ3v) is 3.88. The van der Waals surface area contributed by atoms with Crippen molar-refractivity contribution in [3.05, 3.63) is 36.0 Å². The van der Waals surface area contributed by atoms with Crippen LogP contribution in [0.4, 0.5) is 0 Å². The van der Waals surface area contributed by atoms with Crippen LogP contribution in [0.1, 0.15) is 31.4 Å². The summed E-state index contributed by atoms with van der Waals surface area (Å²) in [6.07, 6.45) is 5.20. The second kappa shape index (κ2) is 7.33. The van der Waals surface area contributed by atoms with Gasteiger partial charge in [0, 0.05) is 18.7 Å². The van der Waals surface area contributed by atoms with Crippen molar-refractivity contribution in [3.63, 3.8) is 0 Å². The lowest BCUT2D eigenvalue weighted by atomic mass is 10.1. The molecule has 21 heavy (non-hydrogen) atoms. The van der Waals surface area contributed by atoms with E-state index in [-0.39, 0.29) is 0 Å². The summed E-state index contributed by atoms with van der Waals surface area (Å²) in [5.41, 5.74) is 2.99. The number of nitrogens with zero attached hydrogens (tertiary/aromatic N) is 2. The lowest BCUT2D eigenvalue weighted by molar-refractivity contribution is 0.0115. The fourth-order valence-electron chi connectivity index (χ4n) is 2.71. The maximum atomic E-state index is 5.73. The highest BCUT2D eigenvalue weighted by Gasteiger charge is 2.13. The van der Waals surface area contributed by atoms with Gasteiger partial charge in [0.1, 0.15) is 11.4 Å². The molecule has 1 saturated heterocycles. The lowest BCUT2D eigenvalue weighted by Crippen LogP contribution is -2.25. The smallest absolute Gasteiger partial charge is 0.117 e. The molecule has 0 bridgehead atoms. The van der Waals surface area contributed by atoms with Crippen molar-refractivity contribution in [1.82, 2.24) is 20.7 Å². The number of aromatic nitrogens is 3. The van der Waals surface area contributed by atoms with Crippen LogP contribution in [-0.4, -0.2) is 34.7 Å². The van der Waals surface area contributed by atoms with E-state index < -0.39 is 0 Å². The van der Waals surface area contributed by atoms with E-state index in [0.29, 0.717) is 6.10 Å². The molecule has 1 aromatic carbocycles. The Kier molecular flexibility index (Phi) is 4.97. The molecule has 2 N–H and O–H groups in total. The number of rotatable bonds is 6. The van der Waals surface area contributed by atoms with Crippen LogP contribution in [0.3, 0.4) is 0 Å². The molecular formula is C16H22N4O. The Balaban J connectivity index is 1.49. The number of hydrogen-bond donors (Lipinski definition) is 2. The summed E-state index contributed by atoms with van der Waals surface area (Å²) in [7, 11) is 0. The SMILES string of the molecule is c1ccc(-c2n[nH]nc2CNCCC2CCCCO2)cc1. The van der Waals surface area contributed by atoms with E-state index in [0.717, 1.165) is 43.1 Å². The molecule has 5 nitrogen and oxygen atoms in total. The maximum Gasteiger partial charge on any atom is 0.117 e. The van der Waals surface area contributed by atoms with Crippen LogP contribution in [0, 0.1) is 0 Å². The summed E-state index contributed by atoms with van der Waals surface area (Å²) in [6.45, 7) is 2.60. The molecule has 2 heterocycles. The van der Waals surface area contributed by atoms with Crippen molar-refractivity contribution in [2.24, 2.45) is 0 Å². The van der Waals surface area contributed by atoms with Crippen LogP contribution < -0.4 is 5.32 Å². The first-order chi connectivity index (χ1) is 10.4. The van der Waals surface area contributed by atoms with E-state index in [2.05, 4.69) is 32.9 Å². The van der Waals surface area contributed by atoms with E-state index in [1.807, 2.05) is 18.2 Å². The number of benzene rings is 1. The van der Waals surface area contributed by atoms with Crippen LogP contribution in [0.5, 0.6) is 0 Å². The fourth-order valence-corrected chi connectivity index (χ4v) is 2.71. The average Bonchev–Trinajstić information content (AvgIpc) is 3.02. The predicted molar refractivity (Wildman–Crippen MR) is 81.7 cm³/mol. The van der Waals surface area contributed by atoms with Gasteiger partial charge in [-0.25, -0.2) is 0 Å². The van der Waals surface area contributed by atoms with E-state index >= 15 is 0 Å². The summed E-state index contributed by atoms with van der Waals surface area (Å²) in [5.74, 6) is 0. The lowest BCUT2D eigenvalue weighted by Gasteiger charge is -2.22. The first kappa shape index (κ1) is 14.2. The molecule has 1 aromatic heterocycles. The number of aromatic amines is 1. The molecule has 0 saturated carbocycles. The van der Waals surface area contributed by atoms with Crippen LogP contribution in [0.15, 0.2) is 30.3 Å². The Morgan fingerprint density at radius 3 is 2.90 bits per heavy atom. The van der Waals surface area contributed by atoms with E-state index in [4.69, 9.17) is 4.74 Å². The van der Waals surface area contributed by atoms with Gasteiger partial charge in [0.25, 0.3) is 0 Å². The third-order valence-electron chi connectivity index (χ3n) is 3.88. The van der Waals surface area contributed by atoms with Crippen molar-refractivity contribution in [2.45, 2.75) is 38.3 Å². The summed E-state index contributed by atoms with van der Waals surface area (Å²) >= 11 is 0. The quantitative estimate of drug-likeness (QED) is 0.801. The highest BCUT2D eigenvalue weighted by Crippen LogP contribution is 2.19. The van der Waals surface area contributed by atoms with Crippen LogP contribution in [-0.2, 0) is 11.3 Å². The summed E-state index contributed by atoms with van der Waals surface area (Å²) in [6, 6.07) is 10.1. The number of hydrogen-bond acceptors (Lipinski definition) is 4. The van der Waals surface area contributed by atoms with E-state index in [9.17, 15) is 0 Å². The van der Waals surface area contributed by atoms with Gasteiger partial charge in [-0.3, -0.25) is 0 Å². The molecule has 3 rings (SSSR count). The number of nitrogens with one attached hydrogen (secondary N) is 2. The molecule has 0 amide bonds. The van der Waals surface area contributed by atoms with Crippen molar-refractivity contribution in [2.75, 3.05) is 13.2 Å². The minimum Gasteiger partial charge on any atom is -0.378 e. The van der Waals surface area contributed by atoms with Gasteiger partial charge in [-0.1, -0.05) is 30.3 Å². The predicted octanol–water partition coefficient (Wildman–Crippen LogP) is 2.52. The molecule has 0 aliphatic carbocycles. The van der Waals surface area contributed by atoms with Crippen molar-refractivity contribution in [1.29, 1.82) is 0 Å². The fraction of sp³-hybridized carbons (Fsp3) is 0.500. The van der Waals surface area contributed by atoms with Gasteiger partial charge >= 0.3 is 0 Å². The van der Waals surface area contributed by atoms with Gasteiger partial charge in [-0.15, -0.1) is 0 Å². The molecule has 1 unspecified atom stereocenters. The molecule has 112 valence electrons. The molecule has 5 heteroatoms. The Bertz CT molecular complexity index is 534. The Labute approximate surface area is 125 Å². The van der Waals surface area contributed by atoms with Crippen molar-refractivity contribution in [3.8, 4) is 11.3 Å². The van der Waals surface area contributed by atoms with Gasteiger partial charge in [-0.2, -0.15) is 15.4 Å². The number of ether oxygens (including phenoxy) is 1. The highest BCUT2D eigenvalue weighted by molar-refractivity contribution is 5.60. The van der Waals surface area contributed by atoms with Gasteiger partial charge in [0.05, 0.1) is 6.10 Å². The topological polar surface area (TPSA) is 62.8 Å². The first-order valence-corrected chi connectivity index (χ1v) is 7.71. The largest absolute Gasteiger partial charge is 0.378 e. The molecule has 1 atom stereocenters. The normalized spacial score (nSPS) is 18.8. The van der Waals surface area contributed by atoms with E-state index in [1.165, 1.54) is 19.3 Å². The minimum absolute atomic E-state index is 0.428. The molecule has 2 aromatic rings. The Morgan fingerprint density at radius 1 is 1.19 bits per heavy atom. The third kappa shape index (κ3) is 3.89. The summed E-state index contributed by atoms with van der Waals surface area (Å²) < 4.78 is 5.73. The molecule has 1 aliphatic rings. The molecule has 0 radical (unpaired) electrons. The Hall–Kier alpha value is -1.72. The second-order valence-electron chi connectivity index (χ2n) is 5.44. The van der Waals surface area contributed by atoms with Crippen molar-refractivity contribution >= 4 is 0 Å². The van der Waals surface area contributed by atoms with Gasteiger partial charge in [-0.05, 0) is 32.2 Å². The van der Waals surface area contributed by atoms with Gasteiger partial charge in [0.15, 0.2) is 0 Å². The minimum atomic E-state index is 0.428. The molecular weight excluding hydrogens is 264 g/mol. The van der Waals surface area contributed by atoms with Gasteiger partial charge < -0.3 is 10.1 Å². The van der Waals surface area contributed by atoms with Gasteiger partial charge in [0.2, 0.25) is 0 Å². The van der Waals surface area contributed by atoms with E-state index in [1.54, 1.807) is 0 Å². The maximum absolute atomic E-state index is 5.73. The monoisotopic (exact) mass is 286 g/mol. The molecule has 1 aliphatic heterocycles. The number of H-pyrrole nitrogens is 1. The van der Waals surface area contributed by atoms with Crippen LogP contribution in [0.25, 0.3) is 11.3 Å². The zero-order chi connectivity index (χ0) is 14.3. The standard InChI is InChI=1S/C16H22N4O/c1-2-6-13(7-3-1)16-15(18-20-19-16)12-17-10-9-14-8-4-5-11-21-14/h1-3,6-7,14,17H,4-5,8-12H2,(H,18,19,20). The summed E-state index contributed by atoms with van der Waals surface area (Å²) in [5, 5.41) is 14.7. The summed E-state index contributed by atoms with van der Waals surface area (Å²) in [4.78, 5) is 0. The van der Waals surface area contributed by atoms with Crippen LogP contribution >= 0.6 is 0 Å². The van der Waals surface area contributed by atoms with Crippen molar-refractivity contribution < 1.29 is 4.74 Å².